The second kappa shape index (κ2) is 18.4. The van der Waals surface area contributed by atoms with Crippen LogP contribution in [0.4, 0.5) is 0 Å². The van der Waals surface area contributed by atoms with E-state index < -0.39 is 17.7 Å². The third kappa shape index (κ3) is 11.6. The van der Waals surface area contributed by atoms with Gasteiger partial charge in [-0.25, -0.2) is 0 Å². The monoisotopic (exact) mass is 881 g/mol. The predicted octanol–water partition coefficient (Wildman–Crippen LogP) is 8.77. The van der Waals surface area contributed by atoms with Crippen molar-refractivity contribution in [2.45, 2.75) is 203 Å². The number of epoxide rings is 2. The Hall–Kier alpha value is -2.40. The highest BCUT2D eigenvalue weighted by Gasteiger charge is 2.59. The number of unbranched alkanes of at least 4 members (excludes halogenated alkanes) is 1. The molecule has 0 aromatic heterocycles. The summed E-state index contributed by atoms with van der Waals surface area (Å²) in [7, 11) is 0. The zero-order valence-corrected chi connectivity index (χ0v) is 39.7. The number of ether oxygens (including phenoxy) is 8. The number of piperidine rings is 2. The van der Waals surface area contributed by atoms with Gasteiger partial charge in [-0.05, 0) is 117 Å². The van der Waals surface area contributed by atoms with Crippen LogP contribution in [0.1, 0.15) is 150 Å². The molecule has 2 aromatic carbocycles. The zero-order chi connectivity index (χ0) is 44.8. The molecule has 0 radical (unpaired) electrons. The lowest BCUT2D eigenvalue weighted by Gasteiger charge is -2.56. The van der Waals surface area contributed by atoms with Crippen LogP contribution in [0.2, 0.25) is 0 Å². The van der Waals surface area contributed by atoms with Gasteiger partial charge in [0.05, 0.1) is 44.7 Å². The van der Waals surface area contributed by atoms with Gasteiger partial charge in [-0.2, -0.15) is 10.1 Å². The van der Waals surface area contributed by atoms with Crippen molar-refractivity contribution >= 4 is 0 Å². The SMILES string of the molecule is CC(ON1C(C)(C)CC2(CC1(C)C)OCC(CCCCC(O)CC1COC3(CC(C)(C)N(OC(C)c4ccc(OCC5CO5)cc4)C(C)(C)C3)O1)O2)c1ccc(OCC2CO2)cc1. The zero-order valence-electron chi connectivity index (χ0n) is 39.7. The van der Waals surface area contributed by atoms with Crippen molar-refractivity contribution in [2.24, 2.45) is 0 Å². The standard InChI is InChI=1S/C50H76N2O11/c1-34(36-15-19-39(20-16-36)54-24-43-26-56-43)62-51-45(3,4)30-49(31-46(51,5)6)58-28-41(60-49)14-12-11-13-38(53)23-42-29-59-50(61-42)32-47(7,8)52(48(9,10)33-50)63-35(2)37-17-21-40(22-18-37)55-25-44-27-57-44/h15-22,34-35,38,41-44,53H,11-14,23-33H2,1-10H3. The third-order valence-electron chi connectivity index (χ3n) is 13.6. The van der Waals surface area contributed by atoms with Gasteiger partial charge in [0, 0.05) is 54.3 Å². The molecule has 8 rings (SSSR count). The molecular weight excluding hydrogens is 805 g/mol. The van der Waals surface area contributed by atoms with Crippen molar-refractivity contribution in [3.63, 3.8) is 0 Å². The van der Waals surface area contributed by atoms with Crippen LogP contribution < -0.4 is 9.47 Å². The van der Waals surface area contributed by atoms with Crippen molar-refractivity contribution in [3.05, 3.63) is 59.7 Å². The smallest absolute Gasteiger partial charge is 0.172 e. The Morgan fingerprint density at radius 1 is 0.571 bits per heavy atom. The Bertz CT molecular complexity index is 1770. The molecule has 6 heterocycles. The lowest BCUT2D eigenvalue weighted by Crippen LogP contribution is -2.65. The Labute approximate surface area is 376 Å². The molecule has 0 bridgehead atoms. The van der Waals surface area contributed by atoms with Gasteiger partial charge in [-0.15, -0.1) is 0 Å². The van der Waals surface area contributed by atoms with E-state index >= 15 is 0 Å². The van der Waals surface area contributed by atoms with Gasteiger partial charge < -0.3 is 43.0 Å². The van der Waals surface area contributed by atoms with Crippen molar-refractivity contribution in [2.75, 3.05) is 39.6 Å². The van der Waals surface area contributed by atoms with Crippen LogP contribution in [-0.4, -0.2) is 119 Å². The Morgan fingerprint density at radius 2 is 0.968 bits per heavy atom. The Kier molecular flexibility index (Phi) is 13.7. The average Bonchev–Trinajstić information content (AvgIpc) is 4.14. The maximum absolute atomic E-state index is 11.2. The number of hydroxylamine groups is 4. The summed E-state index contributed by atoms with van der Waals surface area (Å²) in [5.74, 6) is 0.297. The summed E-state index contributed by atoms with van der Waals surface area (Å²) in [5.41, 5.74) is 0.762. The number of aliphatic hydroxyl groups is 1. The largest absolute Gasteiger partial charge is 0.491 e. The summed E-state index contributed by atoms with van der Waals surface area (Å²) >= 11 is 0. The lowest BCUT2D eigenvalue weighted by atomic mass is 9.78. The van der Waals surface area contributed by atoms with E-state index in [9.17, 15) is 5.11 Å². The Morgan fingerprint density at radius 3 is 1.38 bits per heavy atom. The molecule has 13 heteroatoms. The van der Waals surface area contributed by atoms with Crippen molar-refractivity contribution in [1.29, 1.82) is 0 Å². The number of hydrogen-bond acceptors (Lipinski definition) is 13. The first-order valence-electron chi connectivity index (χ1n) is 23.7. The highest BCUT2D eigenvalue weighted by Crippen LogP contribution is 2.51. The molecule has 6 saturated heterocycles. The molecule has 2 spiro atoms. The molecule has 0 saturated carbocycles. The van der Waals surface area contributed by atoms with E-state index in [0.717, 1.165) is 55.1 Å². The molecule has 7 unspecified atom stereocenters. The van der Waals surface area contributed by atoms with E-state index in [-0.39, 0.29) is 58.8 Å². The van der Waals surface area contributed by atoms with Gasteiger partial charge in [0.2, 0.25) is 0 Å². The molecule has 6 fully saturated rings. The number of hydrogen-bond donors (Lipinski definition) is 1. The lowest BCUT2D eigenvalue weighted by molar-refractivity contribution is -0.351. The van der Waals surface area contributed by atoms with Gasteiger partial charge in [-0.1, -0.05) is 37.1 Å². The summed E-state index contributed by atoms with van der Waals surface area (Å²) in [4.78, 5) is 13.5. The van der Waals surface area contributed by atoms with Crippen LogP contribution >= 0.6 is 0 Å². The fourth-order valence-electron chi connectivity index (χ4n) is 11.1. The molecule has 13 nitrogen and oxygen atoms in total. The molecule has 1 N–H and O–H groups in total. The summed E-state index contributed by atoms with van der Waals surface area (Å²) in [5, 5.41) is 15.5. The van der Waals surface area contributed by atoms with Crippen molar-refractivity contribution in [1.82, 2.24) is 10.1 Å². The predicted molar refractivity (Wildman–Crippen MR) is 237 cm³/mol. The summed E-state index contributed by atoms with van der Waals surface area (Å²) in [6.45, 7) is 25.6. The fourth-order valence-corrected chi connectivity index (χ4v) is 11.1. The minimum absolute atomic E-state index is 0.0241. The van der Waals surface area contributed by atoms with E-state index in [1.165, 1.54) is 0 Å². The first-order valence-corrected chi connectivity index (χ1v) is 23.7. The topological polar surface area (TPSA) is 126 Å². The molecular formula is C50H76N2O11. The molecule has 63 heavy (non-hydrogen) atoms. The molecule has 6 aliphatic heterocycles. The van der Waals surface area contributed by atoms with E-state index in [0.29, 0.717) is 65.0 Å². The van der Waals surface area contributed by atoms with Crippen molar-refractivity contribution in [3.8, 4) is 11.5 Å². The molecule has 0 amide bonds. The second-order valence-corrected chi connectivity index (χ2v) is 21.8. The second-order valence-electron chi connectivity index (χ2n) is 21.8. The van der Waals surface area contributed by atoms with Crippen LogP contribution in [0.25, 0.3) is 0 Å². The maximum atomic E-state index is 11.2. The number of benzene rings is 2. The molecule has 6 aliphatic rings. The van der Waals surface area contributed by atoms with E-state index in [1.54, 1.807) is 0 Å². The first kappa shape index (κ1) is 47.1. The average molecular weight is 881 g/mol. The highest BCUT2D eigenvalue weighted by molar-refractivity contribution is 5.29. The molecule has 7 atom stereocenters. The van der Waals surface area contributed by atoms with Gasteiger partial charge in [0.1, 0.15) is 49.1 Å². The van der Waals surface area contributed by atoms with E-state index in [1.807, 2.05) is 24.3 Å². The normalized spacial score (nSPS) is 30.3. The molecule has 2 aromatic rings. The maximum Gasteiger partial charge on any atom is 0.172 e. The minimum atomic E-state index is -0.725. The van der Waals surface area contributed by atoms with Gasteiger partial charge in [-0.3, -0.25) is 9.68 Å². The van der Waals surface area contributed by atoms with Crippen LogP contribution in [0.5, 0.6) is 11.5 Å². The van der Waals surface area contributed by atoms with E-state index in [2.05, 4.69) is 104 Å². The van der Waals surface area contributed by atoms with Gasteiger partial charge in [0.25, 0.3) is 0 Å². The van der Waals surface area contributed by atoms with E-state index in [4.69, 9.17) is 47.6 Å². The summed E-state index contributed by atoms with van der Waals surface area (Å²) in [6, 6.07) is 16.3. The van der Waals surface area contributed by atoms with Crippen LogP contribution in [0, 0.1) is 0 Å². The van der Waals surface area contributed by atoms with Gasteiger partial charge in [0.15, 0.2) is 11.6 Å². The molecule has 352 valence electrons. The minimum Gasteiger partial charge on any atom is -0.491 e. The Balaban J connectivity index is 0.752. The van der Waals surface area contributed by atoms with Crippen LogP contribution in [0.3, 0.4) is 0 Å². The summed E-state index contributed by atoms with van der Waals surface area (Å²) < 4.78 is 48.8. The molecule has 0 aliphatic carbocycles. The number of nitrogens with zero attached hydrogens (tertiary/aromatic N) is 2. The van der Waals surface area contributed by atoms with Crippen molar-refractivity contribution < 1.29 is 52.7 Å². The highest BCUT2D eigenvalue weighted by atomic mass is 16.8. The third-order valence-corrected chi connectivity index (χ3v) is 13.6. The summed E-state index contributed by atoms with van der Waals surface area (Å²) in [6.07, 6.45) is 6.28. The number of rotatable bonds is 19. The van der Waals surface area contributed by atoms with Gasteiger partial charge >= 0.3 is 0 Å². The quantitative estimate of drug-likeness (QED) is 0.107. The fraction of sp³-hybridized carbons (Fsp3) is 0.760. The number of aliphatic hydroxyl groups excluding tert-OH is 1. The van der Waals surface area contributed by atoms with Crippen LogP contribution in [-0.2, 0) is 38.1 Å². The van der Waals surface area contributed by atoms with Crippen LogP contribution in [0.15, 0.2) is 48.5 Å². The first-order chi connectivity index (χ1) is 29.7.